The van der Waals surface area contributed by atoms with Gasteiger partial charge in [0.05, 0.1) is 21.8 Å². The molecule has 0 unspecified atom stereocenters. The van der Waals surface area contributed by atoms with Gasteiger partial charge in [-0.1, -0.05) is 6.07 Å². The lowest BCUT2D eigenvalue weighted by atomic mass is 10.3. The molecule has 1 aromatic rings. The number of hydrogen-bond donors (Lipinski definition) is 0. The second-order valence-electron chi connectivity index (χ2n) is 1.85. The number of nitrogens with zero attached hydrogens (tertiary/aromatic N) is 1. The Kier molecular flexibility index (Phi) is 2.59. The van der Waals surface area contributed by atoms with Gasteiger partial charge in [0, 0.05) is 0 Å². The van der Waals surface area contributed by atoms with Crippen LogP contribution in [0.3, 0.4) is 0 Å². The first-order chi connectivity index (χ1) is 5.24. The Labute approximate surface area is 72.0 Å². The molecule has 0 aliphatic heterocycles. The topological polar surface area (TPSA) is 20.3 Å². The molecule has 0 saturated carbocycles. The Morgan fingerprint density at radius 2 is 2.27 bits per heavy atom. The lowest BCUT2D eigenvalue weighted by molar-refractivity contribution is 0.558. The fourth-order valence-corrected chi connectivity index (χ4v) is 0.872. The van der Waals surface area contributed by atoms with E-state index in [0.717, 1.165) is 3.93 Å². The minimum absolute atomic E-state index is 0.387. The van der Waals surface area contributed by atoms with Gasteiger partial charge in [-0.15, -0.1) is 0 Å². The van der Waals surface area contributed by atoms with E-state index in [0.29, 0.717) is 5.69 Å². The van der Waals surface area contributed by atoms with Gasteiger partial charge in [0.1, 0.15) is 5.82 Å². The van der Waals surface area contributed by atoms with Crippen LogP contribution in [-0.4, -0.2) is 6.41 Å². The molecule has 0 aliphatic rings. The fraction of sp³-hybridized carbons (Fsp3) is 0. The van der Waals surface area contributed by atoms with Crippen LogP contribution in [0.15, 0.2) is 24.3 Å². The molecule has 11 heavy (non-hydrogen) atoms. The summed E-state index contributed by atoms with van der Waals surface area (Å²) in [6.07, 6.45) is 1.54. The van der Waals surface area contributed by atoms with Crippen molar-refractivity contribution in [2.45, 2.75) is 0 Å². The van der Waals surface area contributed by atoms with Crippen molar-refractivity contribution in [1.29, 1.82) is 0 Å². The van der Waals surface area contributed by atoms with E-state index in [1.165, 1.54) is 18.2 Å². The molecular weight excluding hydrogens is 213 g/mol. The minimum Gasteiger partial charge on any atom is -0.262 e. The van der Waals surface area contributed by atoms with Gasteiger partial charge in [-0.25, -0.2) is 8.32 Å². The zero-order valence-corrected chi connectivity index (χ0v) is 7.01. The number of hydrogen-bond acceptors (Lipinski definition) is 1. The lowest BCUT2D eigenvalue weighted by Crippen LogP contribution is -2.04. The molecule has 0 spiro atoms. The molecule has 0 atom stereocenters. The van der Waals surface area contributed by atoms with Crippen LogP contribution >= 0.6 is 16.1 Å². The van der Waals surface area contributed by atoms with Crippen molar-refractivity contribution in [3.63, 3.8) is 0 Å². The summed E-state index contributed by atoms with van der Waals surface area (Å²) in [5.41, 5.74) is 0.417. The van der Waals surface area contributed by atoms with Crippen LogP contribution in [0.2, 0.25) is 0 Å². The van der Waals surface area contributed by atoms with Crippen LogP contribution < -0.4 is 3.93 Å². The van der Waals surface area contributed by atoms with E-state index in [-0.39, 0.29) is 5.82 Å². The second-order valence-corrected chi connectivity index (χ2v) is 2.56. The summed E-state index contributed by atoms with van der Waals surface area (Å²) in [5, 5.41) is 0. The van der Waals surface area contributed by atoms with Gasteiger partial charge in [0.25, 0.3) is 0 Å². The Bertz CT molecular complexity index is 266. The maximum atomic E-state index is 12.5. The summed E-state index contributed by atoms with van der Waals surface area (Å²) in [6.45, 7) is 0. The van der Waals surface area contributed by atoms with Crippen LogP contribution in [0.4, 0.5) is 10.1 Å². The van der Waals surface area contributed by atoms with Crippen molar-refractivity contribution in [3.8, 4) is 0 Å². The van der Waals surface area contributed by atoms with E-state index in [1.807, 2.05) is 0 Å². The molecule has 0 aliphatic carbocycles. The molecule has 4 heteroatoms. The van der Waals surface area contributed by atoms with Gasteiger partial charge in [-0.2, -0.15) is 0 Å². The Morgan fingerprint density at radius 3 is 2.82 bits per heavy atom. The number of rotatable bonds is 2. The molecule has 2 nitrogen and oxygen atoms in total. The fourth-order valence-electron chi connectivity index (χ4n) is 0.651. The molecule has 0 saturated heterocycles. The molecular formula is C7H4BrFNO. The smallest absolute Gasteiger partial charge is 0.262 e. The second kappa shape index (κ2) is 3.48. The van der Waals surface area contributed by atoms with E-state index in [4.69, 9.17) is 0 Å². The van der Waals surface area contributed by atoms with Gasteiger partial charge in [0.2, 0.25) is 0 Å². The molecule has 0 heterocycles. The molecule has 1 rings (SSSR count). The highest BCUT2D eigenvalue weighted by molar-refractivity contribution is 9.10. The average molecular weight is 217 g/mol. The molecule has 1 radical (unpaired) electrons. The third kappa shape index (κ3) is 2.01. The molecule has 1 aromatic carbocycles. The van der Waals surface area contributed by atoms with Crippen molar-refractivity contribution in [2.75, 3.05) is 3.93 Å². The third-order valence-corrected chi connectivity index (χ3v) is 1.67. The zero-order valence-electron chi connectivity index (χ0n) is 5.42. The van der Waals surface area contributed by atoms with Crippen molar-refractivity contribution >= 4 is 28.2 Å². The van der Waals surface area contributed by atoms with Gasteiger partial charge < -0.3 is 0 Å². The van der Waals surface area contributed by atoms with E-state index >= 15 is 0 Å². The Morgan fingerprint density at radius 1 is 1.55 bits per heavy atom. The molecule has 0 N–H and O–H groups in total. The Hall–Kier alpha value is -0.900. The molecule has 0 aromatic heterocycles. The van der Waals surface area contributed by atoms with E-state index in [1.54, 1.807) is 12.5 Å². The van der Waals surface area contributed by atoms with Crippen LogP contribution in [0.25, 0.3) is 0 Å². The Balaban J connectivity index is 2.95. The minimum atomic E-state index is -0.387. The first kappa shape index (κ1) is 8.20. The zero-order chi connectivity index (χ0) is 8.27. The number of anilines is 1. The summed E-state index contributed by atoms with van der Waals surface area (Å²) in [5.74, 6) is -0.387. The molecule has 57 valence electrons. The van der Waals surface area contributed by atoms with Crippen LogP contribution in [0.1, 0.15) is 0 Å². The van der Waals surface area contributed by atoms with E-state index < -0.39 is 0 Å². The predicted molar refractivity (Wildman–Crippen MR) is 43.5 cm³/mol. The first-order valence-corrected chi connectivity index (χ1v) is 3.54. The first-order valence-electron chi connectivity index (χ1n) is 2.83. The van der Waals surface area contributed by atoms with Crippen molar-refractivity contribution in [3.05, 3.63) is 30.1 Å². The highest BCUT2D eigenvalue weighted by Crippen LogP contribution is 2.16. The third-order valence-electron chi connectivity index (χ3n) is 1.12. The quantitative estimate of drug-likeness (QED) is 0.548. The predicted octanol–water partition coefficient (Wildman–Crippen LogP) is 2.01. The normalized spacial score (nSPS) is 9.27. The van der Waals surface area contributed by atoms with Gasteiger partial charge in [0.15, 0.2) is 0 Å². The average Bonchev–Trinajstić information content (AvgIpc) is 2.03. The monoisotopic (exact) mass is 216 g/mol. The van der Waals surface area contributed by atoms with E-state index in [9.17, 15) is 9.18 Å². The molecule has 0 fully saturated rings. The highest BCUT2D eigenvalue weighted by Gasteiger charge is 2.01. The summed E-state index contributed by atoms with van der Waals surface area (Å²) >= 11 is 2.86. The van der Waals surface area contributed by atoms with Crippen molar-refractivity contribution < 1.29 is 9.18 Å². The maximum Gasteiger partial charge on any atom is 0.327 e. The summed E-state index contributed by atoms with van der Waals surface area (Å²) in [7, 11) is 0. The largest absolute Gasteiger partial charge is 0.327 e. The van der Waals surface area contributed by atoms with E-state index in [2.05, 4.69) is 16.1 Å². The van der Waals surface area contributed by atoms with Gasteiger partial charge in [-0.3, -0.25) is 4.79 Å². The summed E-state index contributed by atoms with van der Waals surface area (Å²) in [6, 6.07) is 5.62. The van der Waals surface area contributed by atoms with Crippen molar-refractivity contribution in [2.24, 2.45) is 0 Å². The summed E-state index contributed by atoms with van der Waals surface area (Å²) in [4.78, 5) is 10.0. The number of carbonyl (C=O) groups excluding carboxylic acids is 1. The van der Waals surface area contributed by atoms with Crippen LogP contribution in [-0.2, 0) is 4.79 Å². The van der Waals surface area contributed by atoms with Gasteiger partial charge >= 0.3 is 6.41 Å². The highest BCUT2D eigenvalue weighted by atomic mass is 79.9. The number of benzene rings is 1. The van der Waals surface area contributed by atoms with Crippen molar-refractivity contribution in [1.82, 2.24) is 0 Å². The number of halogens is 2. The maximum absolute atomic E-state index is 12.5. The standard InChI is InChI=1S/C7H4BrFNO/c8-10(5-11)7-3-1-2-6(9)4-7/h1-4H. The summed E-state index contributed by atoms with van der Waals surface area (Å²) < 4.78 is 13.5. The SMILES string of the molecule is O=[C]N(Br)c1cccc(F)c1. The number of amides is 1. The van der Waals surface area contributed by atoms with Crippen LogP contribution in [0, 0.1) is 5.82 Å². The molecule has 0 bridgehead atoms. The van der Waals surface area contributed by atoms with Crippen LogP contribution in [0.5, 0.6) is 0 Å². The molecule has 1 amide bonds. The lowest BCUT2D eigenvalue weighted by Gasteiger charge is -2.04. The van der Waals surface area contributed by atoms with Gasteiger partial charge in [-0.05, 0) is 18.2 Å².